The van der Waals surface area contributed by atoms with Crippen LogP contribution in [-0.4, -0.2) is 64.5 Å². The van der Waals surface area contributed by atoms with Crippen molar-refractivity contribution in [2.45, 2.75) is 0 Å². The molecular formula is C12H15N3O3. The van der Waals surface area contributed by atoms with Gasteiger partial charge in [0.15, 0.2) is 0 Å². The van der Waals surface area contributed by atoms with Crippen molar-refractivity contribution in [1.29, 1.82) is 0 Å². The van der Waals surface area contributed by atoms with E-state index in [0.29, 0.717) is 31.9 Å². The second-order valence-corrected chi connectivity index (χ2v) is 4.18. The molecule has 96 valence electrons. The van der Waals surface area contributed by atoms with Gasteiger partial charge in [0.2, 0.25) is 0 Å². The molecule has 1 aromatic rings. The summed E-state index contributed by atoms with van der Waals surface area (Å²) in [5, 5.41) is 8.69. The van der Waals surface area contributed by atoms with Crippen LogP contribution in [0.15, 0.2) is 24.4 Å². The summed E-state index contributed by atoms with van der Waals surface area (Å²) >= 11 is 0. The van der Waals surface area contributed by atoms with E-state index in [1.54, 1.807) is 29.3 Å². The fourth-order valence-electron chi connectivity index (χ4n) is 1.95. The van der Waals surface area contributed by atoms with Crippen LogP contribution in [0.5, 0.6) is 0 Å². The minimum Gasteiger partial charge on any atom is -0.480 e. The van der Waals surface area contributed by atoms with Crippen LogP contribution >= 0.6 is 0 Å². The van der Waals surface area contributed by atoms with Crippen molar-refractivity contribution in [1.82, 2.24) is 14.8 Å². The fraction of sp³-hybridized carbons (Fsp3) is 0.417. The highest BCUT2D eigenvalue weighted by Gasteiger charge is 2.23. The van der Waals surface area contributed by atoms with Crippen LogP contribution in [0.4, 0.5) is 0 Å². The highest BCUT2D eigenvalue weighted by atomic mass is 16.4. The van der Waals surface area contributed by atoms with Gasteiger partial charge < -0.3 is 10.0 Å². The Bertz CT molecular complexity index is 427. The lowest BCUT2D eigenvalue weighted by Crippen LogP contribution is -2.50. The third kappa shape index (κ3) is 3.04. The maximum Gasteiger partial charge on any atom is 0.317 e. The Morgan fingerprint density at radius 3 is 2.50 bits per heavy atom. The van der Waals surface area contributed by atoms with E-state index in [-0.39, 0.29) is 12.5 Å². The molecule has 0 atom stereocenters. The molecule has 2 rings (SSSR count). The molecule has 0 bridgehead atoms. The summed E-state index contributed by atoms with van der Waals surface area (Å²) in [6.45, 7) is 2.30. The largest absolute Gasteiger partial charge is 0.480 e. The maximum absolute atomic E-state index is 12.1. The summed E-state index contributed by atoms with van der Waals surface area (Å²) in [6.07, 6.45) is 1.59. The summed E-state index contributed by atoms with van der Waals surface area (Å²) < 4.78 is 0. The van der Waals surface area contributed by atoms with Gasteiger partial charge in [-0.15, -0.1) is 0 Å². The maximum atomic E-state index is 12.1. The Morgan fingerprint density at radius 1 is 1.22 bits per heavy atom. The average molecular weight is 249 g/mol. The van der Waals surface area contributed by atoms with Gasteiger partial charge >= 0.3 is 5.97 Å². The molecule has 1 aliphatic heterocycles. The van der Waals surface area contributed by atoms with Crippen LogP contribution in [0.1, 0.15) is 10.5 Å². The molecule has 1 aliphatic rings. The van der Waals surface area contributed by atoms with E-state index in [9.17, 15) is 9.59 Å². The minimum atomic E-state index is -0.834. The zero-order chi connectivity index (χ0) is 13.0. The number of carboxylic acid groups (broad SMARTS) is 1. The van der Waals surface area contributed by atoms with Crippen LogP contribution < -0.4 is 0 Å². The zero-order valence-corrected chi connectivity index (χ0v) is 9.95. The predicted octanol–water partition coefficient (Wildman–Crippen LogP) is -0.0760. The quantitative estimate of drug-likeness (QED) is 0.811. The number of hydrogen-bond donors (Lipinski definition) is 1. The molecule has 6 nitrogen and oxygen atoms in total. The standard InChI is InChI=1S/C12H15N3O3/c16-11(17)9-14-5-7-15(8-6-14)12(18)10-3-1-2-4-13-10/h1-4H,5-9H2,(H,16,17). The number of piperazine rings is 1. The van der Waals surface area contributed by atoms with Crippen molar-refractivity contribution in [2.24, 2.45) is 0 Å². The van der Waals surface area contributed by atoms with E-state index < -0.39 is 5.97 Å². The predicted molar refractivity (Wildman–Crippen MR) is 64.2 cm³/mol. The molecule has 1 N–H and O–H groups in total. The first-order valence-corrected chi connectivity index (χ1v) is 5.81. The number of rotatable bonds is 3. The summed E-state index contributed by atoms with van der Waals surface area (Å²) in [6, 6.07) is 5.23. The molecule has 0 spiro atoms. The number of carbonyl (C=O) groups is 2. The molecular weight excluding hydrogens is 234 g/mol. The van der Waals surface area contributed by atoms with Gasteiger partial charge in [-0.25, -0.2) is 0 Å². The Balaban J connectivity index is 1.90. The van der Waals surface area contributed by atoms with Crippen LogP contribution in [0.3, 0.4) is 0 Å². The van der Waals surface area contributed by atoms with Crippen molar-refractivity contribution in [3.8, 4) is 0 Å². The SMILES string of the molecule is O=C(O)CN1CCN(C(=O)c2ccccn2)CC1. The second kappa shape index (κ2) is 5.59. The third-order valence-electron chi connectivity index (χ3n) is 2.90. The molecule has 0 aliphatic carbocycles. The van der Waals surface area contributed by atoms with Crippen molar-refractivity contribution in [3.63, 3.8) is 0 Å². The van der Waals surface area contributed by atoms with Crippen molar-refractivity contribution < 1.29 is 14.7 Å². The van der Waals surface area contributed by atoms with Crippen LogP contribution in [-0.2, 0) is 4.79 Å². The molecule has 1 fully saturated rings. The van der Waals surface area contributed by atoms with Crippen molar-refractivity contribution >= 4 is 11.9 Å². The highest BCUT2D eigenvalue weighted by Crippen LogP contribution is 2.06. The topological polar surface area (TPSA) is 73.7 Å². The first kappa shape index (κ1) is 12.5. The lowest BCUT2D eigenvalue weighted by Gasteiger charge is -2.33. The average Bonchev–Trinajstić information content (AvgIpc) is 2.39. The Kier molecular flexibility index (Phi) is 3.88. The zero-order valence-electron chi connectivity index (χ0n) is 9.95. The van der Waals surface area contributed by atoms with Gasteiger partial charge in [0.1, 0.15) is 5.69 Å². The fourth-order valence-corrected chi connectivity index (χ4v) is 1.95. The van der Waals surface area contributed by atoms with Gasteiger partial charge in [0.05, 0.1) is 6.54 Å². The third-order valence-corrected chi connectivity index (χ3v) is 2.90. The number of carboxylic acids is 1. The minimum absolute atomic E-state index is 0.0334. The summed E-state index contributed by atoms with van der Waals surface area (Å²) in [4.78, 5) is 30.2. The molecule has 1 aromatic heterocycles. The summed E-state index contributed by atoms with van der Waals surface area (Å²) in [5.74, 6) is -0.926. The van der Waals surface area contributed by atoms with Crippen LogP contribution in [0.2, 0.25) is 0 Å². The number of nitrogens with zero attached hydrogens (tertiary/aromatic N) is 3. The number of pyridine rings is 1. The van der Waals surface area contributed by atoms with Gasteiger partial charge in [0.25, 0.3) is 5.91 Å². The first-order valence-electron chi connectivity index (χ1n) is 5.81. The highest BCUT2D eigenvalue weighted by molar-refractivity contribution is 5.92. The Morgan fingerprint density at radius 2 is 1.94 bits per heavy atom. The van der Waals surface area contributed by atoms with Crippen LogP contribution in [0.25, 0.3) is 0 Å². The number of aliphatic carboxylic acids is 1. The number of carbonyl (C=O) groups excluding carboxylic acids is 1. The summed E-state index contributed by atoms with van der Waals surface area (Å²) in [5.41, 5.74) is 0.434. The Labute approximate surface area is 105 Å². The molecule has 1 amide bonds. The smallest absolute Gasteiger partial charge is 0.317 e. The lowest BCUT2D eigenvalue weighted by atomic mass is 10.2. The second-order valence-electron chi connectivity index (χ2n) is 4.18. The van der Waals surface area contributed by atoms with Crippen molar-refractivity contribution in [2.75, 3.05) is 32.7 Å². The molecule has 0 aromatic carbocycles. The molecule has 0 saturated carbocycles. The van der Waals surface area contributed by atoms with Gasteiger partial charge in [-0.1, -0.05) is 6.07 Å². The normalized spacial score (nSPS) is 16.6. The number of amides is 1. The van der Waals surface area contributed by atoms with Gasteiger partial charge in [-0.2, -0.15) is 0 Å². The molecule has 2 heterocycles. The molecule has 0 unspecified atom stereocenters. The molecule has 6 heteroatoms. The monoisotopic (exact) mass is 249 g/mol. The number of hydrogen-bond acceptors (Lipinski definition) is 4. The van der Waals surface area contributed by atoms with E-state index in [4.69, 9.17) is 5.11 Å². The molecule has 1 saturated heterocycles. The lowest BCUT2D eigenvalue weighted by molar-refractivity contribution is -0.138. The first-order chi connectivity index (χ1) is 8.66. The van der Waals surface area contributed by atoms with E-state index in [1.165, 1.54) is 0 Å². The summed E-state index contributed by atoms with van der Waals surface area (Å²) in [7, 11) is 0. The van der Waals surface area contributed by atoms with Gasteiger partial charge in [0, 0.05) is 32.4 Å². The van der Waals surface area contributed by atoms with Crippen molar-refractivity contribution in [3.05, 3.63) is 30.1 Å². The van der Waals surface area contributed by atoms with E-state index >= 15 is 0 Å². The van der Waals surface area contributed by atoms with Gasteiger partial charge in [-0.3, -0.25) is 19.5 Å². The molecule has 18 heavy (non-hydrogen) atoms. The van der Waals surface area contributed by atoms with Gasteiger partial charge in [-0.05, 0) is 12.1 Å². The Hall–Kier alpha value is -1.95. The van der Waals surface area contributed by atoms with E-state index in [0.717, 1.165) is 0 Å². The van der Waals surface area contributed by atoms with Crippen LogP contribution in [0, 0.1) is 0 Å². The van der Waals surface area contributed by atoms with E-state index in [2.05, 4.69) is 4.98 Å². The molecule has 0 radical (unpaired) electrons. The number of aromatic nitrogens is 1. The van der Waals surface area contributed by atoms with E-state index in [1.807, 2.05) is 4.90 Å².